The van der Waals surface area contributed by atoms with Crippen molar-refractivity contribution >= 4 is 29.2 Å². The molecule has 0 heterocycles. The molecule has 2 aromatic rings. The second-order valence-electron chi connectivity index (χ2n) is 5.08. The number of benzene rings is 2. The van der Waals surface area contributed by atoms with Crippen molar-refractivity contribution in [3.05, 3.63) is 64.7 Å². The highest BCUT2D eigenvalue weighted by atomic mass is 35.5. The van der Waals surface area contributed by atoms with Gasteiger partial charge in [0.15, 0.2) is 0 Å². The molecule has 25 heavy (non-hydrogen) atoms. The predicted molar refractivity (Wildman–Crippen MR) is 86.0 cm³/mol. The fourth-order valence-corrected chi connectivity index (χ4v) is 2.32. The molecule has 0 aliphatic carbocycles. The van der Waals surface area contributed by atoms with Gasteiger partial charge in [0.1, 0.15) is 0 Å². The van der Waals surface area contributed by atoms with Gasteiger partial charge in [0.05, 0.1) is 10.6 Å². The van der Waals surface area contributed by atoms with E-state index in [1.54, 1.807) is 30.3 Å². The van der Waals surface area contributed by atoms with Gasteiger partial charge in [-0.3, -0.25) is 9.59 Å². The van der Waals surface area contributed by atoms with E-state index in [4.69, 9.17) is 16.3 Å². The molecule has 2 rings (SSSR count). The Hall–Kier alpha value is -2.54. The van der Waals surface area contributed by atoms with E-state index in [1.807, 2.05) is 0 Å². The van der Waals surface area contributed by atoms with Crippen molar-refractivity contribution in [3.63, 3.8) is 0 Å². The third-order valence-corrected chi connectivity index (χ3v) is 3.49. The molecule has 1 unspecified atom stereocenters. The lowest BCUT2D eigenvalue weighted by Gasteiger charge is -2.18. The molecule has 1 N–H and O–H groups in total. The van der Waals surface area contributed by atoms with Crippen LogP contribution >= 0.6 is 11.6 Å². The van der Waals surface area contributed by atoms with Crippen molar-refractivity contribution in [1.82, 2.24) is 0 Å². The summed E-state index contributed by atoms with van der Waals surface area (Å²) >= 11 is 5.54. The zero-order valence-electron chi connectivity index (χ0n) is 12.9. The molecule has 132 valence electrons. The third-order valence-electron chi connectivity index (χ3n) is 3.16. The maximum absolute atomic E-state index is 12.9. The van der Waals surface area contributed by atoms with Crippen molar-refractivity contribution < 1.29 is 27.5 Å². The minimum Gasteiger partial charge on any atom is -0.447 e. The lowest BCUT2D eigenvalue weighted by Crippen LogP contribution is -2.25. The zero-order valence-corrected chi connectivity index (χ0v) is 13.7. The zero-order chi connectivity index (χ0) is 18.6. The minimum absolute atomic E-state index is 0.116. The standard InChI is InChI=1S/C17H13ClF3NO3/c1-10(23)25-15(11-5-3-2-4-6-11)16(24)22-12-7-8-14(18)13(9-12)17(19,20)21/h2-9,15H,1H3,(H,22,24). The molecule has 2 aromatic carbocycles. The molecule has 0 bridgehead atoms. The Morgan fingerprint density at radius 2 is 1.76 bits per heavy atom. The first-order chi connectivity index (χ1) is 11.7. The van der Waals surface area contributed by atoms with Gasteiger partial charge in [0.2, 0.25) is 6.10 Å². The number of rotatable bonds is 4. The Bertz CT molecular complexity index is 778. The van der Waals surface area contributed by atoms with E-state index in [0.717, 1.165) is 19.1 Å². The summed E-state index contributed by atoms with van der Waals surface area (Å²) in [5.41, 5.74) is -0.800. The first-order valence-corrected chi connectivity index (χ1v) is 7.46. The largest absolute Gasteiger partial charge is 0.447 e. The van der Waals surface area contributed by atoms with Crippen LogP contribution in [0.15, 0.2) is 48.5 Å². The average molecular weight is 372 g/mol. The molecule has 0 aliphatic heterocycles. The van der Waals surface area contributed by atoms with Gasteiger partial charge in [-0.25, -0.2) is 0 Å². The number of ether oxygens (including phenoxy) is 1. The second-order valence-corrected chi connectivity index (χ2v) is 5.49. The van der Waals surface area contributed by atoms with Gasteiger partial charge < -0.3 is 10.1 Å². The highest BCUT2D eigenvalue weighted by molar-refractivity contribution is 6.31. The molecular formula is C17H13ClF3NO3. The van der Waals surface area contributed by atoms with Gasteiger partial charge in [-0.05, 0) is 18.2 Å². The molecule has 0 fully saturated rings. The van der Waals surface area contributed by atoms with Crippen LogP contribution in [-0.2, 0) is 20.5 Å². The Kier molecular flexibility index (Phi) is 5.69. The van der Waals surface area contributed by atoms with Crippen molar-refractivity contribution in [1.29, 1.82) is 0 Å². The number of halogens is 4. The number of hydrogen-bond acceptors (Lipinski definition) is 3. The SMILES string of the molecule is CC(=O)OC(C(=O)Nc1ccc(Cl)c(C(F)(F)F)c1)c1ccccc1. The predicted octanol–water partition coefficient (Wildman–Crippen LogP) is 4.60. The van der Waals surface area contributed by atoms with Gasteiger partial charge >= 0.3 is 12.1 Å². The number of alkyl halides is 3. The summed E-state index contributed by atoms with van der Waals surface area (Å²) < 4.78 is 43.7. The normalized spacial score (nSPS) is 12.4. The number of anilines is 1. The van der Waals surface area contributed by atoms with Crippen LogP contribution in [0.25, 0.3) is 0 Å². The summed E-state index contributed by atoms with van der Waals surface area (Å²) in [4.78, 5) is 23.6. The Balaban J connectivity index is 2.28. The smallest absolute Gasteiger partial charge is 0.417 e. The van der Waals surface area contributed by atoms with E-state index in [9.17, 15) is 22.8 Å². The van der Waals surface area contributed by atoms with Crippen LogP contribution < -0.4 is 5.32 Å². The molecule has 8 heteroatoms. The fraction of sp³-hybridized carbons (Fsp3) is 0.176. The van der Waals surface area contributed by atoms with E-state index in [-0.39, 0.29) is 5.69 Å². The van der Waals surface area contributed by atoms with Crippen molar-refractivity contribution in [2.45, 2.75) is 19.2 Å². The van der Waals surface area contributed by atoms with Gasteiger partial charge in [-0.1, -0.05) is 41.9 Å². The lowest BCUT2D eigenvalue weighted by molar-refractivity contribution is -0.152. The summed E-state index contributed by atoms with van der Waals surface area (Å²) in [7, 11) is 0. The number of carbonyl (C=O) groups is 2. The number of esters is 1. The average Bonchev–Trinajstić information content (AvgIpc) is 2.54. The molecule has 0 aromatic heterocycles. The summed E-state index contributed by atoms with van der Waals surface area (Å²) in [5, 5.41) is 1.83. The molecule has 1 amide bonds. The summed E-state index contributed by atoms with van der Waals surface area (Å²) in [6.45, 7) is 1.13. The van der Waals surface area contributed by atoms with Gasteiger partial charge in [0, 0.05) is 18.2 Å². The van der Waals surface area contributed by atoms with Crippen molar-refractivity contribution in [2.24, 2.45) is 0 Å². The van der Waals surface area contributed by atoms with Crippen molar-refractivity contribution in [2.75, 3.05) is 5.32 Å². The minimum atomic E-state index is -4.66. The van der Waals surface area contributed by atoms with E-state index in [0.29, 0.717) is 5.56 Å². The molecule has 0 aliphatic rings. The molecule has 0 saturated carbocycles. The summed E-state index contributed by atoms with van der Waals surface area (Å²) in [6.07, 6.45) is -5.95. The van der Waals surface area contributed by atoms with E-state index in [1.165, 1.54) is 6.07 Å². The van der Waals surface area contributed by atoms with Crippen LogP contribution in [0.1, 0.15) is 24.2 Å². The first kappa shape index (κ1) is 18.8. The number of carbonyl (C=O) groups excluding carboxylic acids is 2. The van der Waals surface area contributed by atoms with E-state index in [2.05, 4.69) is 5.32 Å². The first-order valence-electron chi connectivity index (χ1n) is 7.08. The Morgan fingerprint density at radius 3 is 2.32 bits per heavy atom. The van der Waals surface area contributed by atoms with Crippen molar-refractivity contribution in [3.8, 4) is 0 Å². The molecule has 0 saturated heterocycles. The summed E-state index contributed by atoms with van der Waals surface area (Å²) in [6, 6.07) is 11.1. The lowest BCUT2D eigenvalue weighted by atomic mass is 10.1. The maximum atomic E-state index is 12.9. The van der Waals surface area contributed by atoms with Crippen LogP contribution in [-0.4, -0.2) is 11.9 Å². The number of nitrogens with one attached hydrogen (secondary N) is 1. The highest BCUT2D eigenvalue weighted by Gasteiger charge is 2.33. The maximum Gasteiger partial charge on any atom is 0.417 e. The van der Waals surface area contributed by atoms with Crippen LogP contribution in [0.5, 0.6) is 0 Å². The van der Waals surface area contributed by atoms with Gasteiger partial charge in [0.25, 0.3) is 5.91 Å². The molecule has 4 nitrogen and oxygen atoms in total. The number of hydrogen-bond donors (Lipinski definition) is 1. The third kappa shape index (κ3) is 4.96. The van der Waals surface area contributed by atoms with Crippen LogP contribution in [0, 0.1) is 0 Å². The van der Waals surface area contributed by atoms with Gasteiger partial charge in [-0.15, -0.1) is 0 Å². The molecule has 0 radical (unpaired) electrons. The molecule has 1 atom stereocenters. The number of amides is 1. The van der Waals surface area contributed by atoms with Crippen LogP contribution in [0.4, 0.5) is 18.9 Å². The van der Waals surface area contributed by atoms with Crippen LogP contribution in [0.2, 0.25) is 5.02 Å². The fourth-order valence-electron chi connectivity index (χ4n) is 2.09. The second kappa shape index (κ2) is 7.57. The van der Waals surface area contributed by atoms with Crippen LogP contribution in [0.3, 0.4) is 0 Å². The topological polar surface area (TPSA) is 55.4 Å². The quantitative estimate of drug-likeness (QED) is 0.799. The Morgan fingerprint density at radius 1 is 1.12 bits per heavy atom. The molecular weight excluding hydrogens is 359 g/mol. The monoisotopic (exact) mass is 371 g/mol. The van der Waals surface area contributed by atoms with Gasteiger partial charge in [-0.2, -0.15) is 13.2 Å². The molecule has 0 spiro atoms. The highest BCUT2D eigenvalue weighted by Crippen LogP contribution is 2.36. The van der Waals surface area contributed by atoms with E-state index >= 15 is 0 Å². The summed E-state index contributed by atoms with van der Waals surface area (Å²) in [5.74, 6) is -1.48. The Labute approximate surface area is 146 Å². The van der Waals surface area contributed by atoms with E-state index < -0.39 is 34.7 Å².